The molecule has 1 fully saturated rings. The van der Waals surface area contributed by atoms with Crippen molar-refractivity contribution in [2.75, 3.05) is 31.6 Å². The van der Waals surface area contributed by atoms with Gasteiger partial charge in [-0.2, -0.15) is 13.2 Å². The van der Waals surface area contributed by atoms with E-state index in [4.69, 9.17) is 9.47 Å². The average Bonchev–Trinajstić information content (AvgIpc) is 3.51. The Morgan fingerprint density at radius 1 is 1.14 bits per heavy atom. The van der Waals surface area contributed by atoms with Gasteiger partial charge in [0, 0.05) is 33.0 Å². The molecule has 0 bridgehead atoms. The minimum Gasteiger partial charge on any atom is -0.481 e. The first kappa shape index (κ1) is 23.8. The van der Waals surface area contributed by atoms with E-state index in [-0.39, 0.29) is 18.6 Å². The molecule has 1 atom stereocenters. The third-order valence-corrected chi connectivity index (χ3v) is 6.41. The number of methoxy groups -OCH3 is 1. The first-order valence-corrected chi connectivity index (χ1v) is 11.4. The molecule has 36 heavy (non-hydrogen) atoms. The summed E-state index contributed by atoms with van der Waals surface area (Å²) in [6.07, 6.45) is 2.17. The van der Waals surface area contributed by atoms with Crippen molar-refractivity contribution in [3.8, 4) is 11.8 Å². The number of likely N-dealkylation sites (tertiary alicyclic amines) is 1. The Bertz CT molecular complexity index is 1280. The van der Waals surface area contributed by atoms with Crippen LogP contribution in [0.5, 0.6) is 11.8 Å². The summed E-state index contributed by atoms with van der Waals surface area (Å²) in [5.74, 6) is -0.214. The highest BCUT2D eigenvalue weighted by Crippen LogP contribution is 2.38. The van der Waals surface area contributed by atoms with E-state index in [2.05, 4.69) is 19.9 Å². The molecule has 3 aromatic heterocycles. The highest BCUT2D eigenvalue weighted by Gasteiger charge is 2.37. The predicted octanol–water partition coefficient (Wildman–Crippen LogP) is 2.49. The summed E-state index contributed by atoms with van der Waals surface area (Å²) in [7, 11) is 2.92. The van der Waals surface area contributed by atoms with Crippen molar-refractivity contribution in [3.05, 3.63) is 53.6 Å². The fourth-order valence-electron chi connectivity index (χ4n) is 4.51. The molecule has 2 aliphatic heterocycles. The maximum absolute atomic E-state index is 13.5. The third kappa shape index (κ3) is 4.52. The average molecular weight is 503 g/mol. The zero-order chi connectivity index (χ0) is 25.4. The number of hydrogen-bond donors (Lipinski definition) is 0. The number of nitrogens with zero attached hydrogens (tertiary/aromatic N) is 7. The predicted molar refractivity (Wildman–Crippen MR) is 121 cm³/mol. The van der Waals surface area contributed by atoms with Crippen molar-refractivity contribution in [3.63, 3.8) is 0 Å². The standard InChI is InChI=1S/C23H24F3N7O3/c1-31-13-27-9-19(31)22(34)33-5-3-15(10-33)36-20-16-11-32(6-4-18(16)29-12-30-20)14-7-17(23(24,25)26)21(35-2)28-8-14/h7-9,12-13,15H,3-6,10-11H2,1-2H3. The minimum absolute atomic E-state index is 0.121. The number of anilines is 1. The molecule has 1 saturated heterocycles. The molecular weight excluding hydrogens is 479 g/mol. The number of alkyl halides is 3. The fraction of sp³-hybridized carbons (Fsp3) is 0.435. The van der Waals surface area contributed by atoms with E-state index in [0.29, 0.717) is 55.3 Å². The maximum atomic E-state index is 13.5. The van der Waals surface area contributed by atoms with Crippen molar-refractivity contribution in [2.45, 2.75) is 31.7 Å². The number of amides is 1. The molecule has 0 radical (unpaired) electrons. The van der Waals surface area contributed by atoms with Gasteiger partial charge in [-0.3, -0.25) is 4.79 Å². The number of carbonyl (C=O) groups excluding carboxylic acids is 1. The molecule has 3 aromatic rings. The number of ether oxygens (including phenoxy) is 2. The van der Waals surface area contributed by atoms with Gasteiger partial charge in [-0.25, -0.2) is 19.9 Å². The van der Waals surface area contributed by atoms with Gasteiger partial charge in [0.05, 0.1) is 55.9 Å². The second kappa shape index (κ2) is 9.28. The SMILES string of the molecule is COc1ncc(N2CCc3ncnc(OC4CCN(C(=O)c5cncn5C)C4)c3C2)cc1C(F)(F)F. The minimum atomic E-state index is -4.60. The molecule has 0 aliphatic carbocycles. The number of pyridine rings is 1. The molecule has 5 rings (SSSR count). The Labute approximate surface area is 204 Å². The zero-order valence-electron chi connectivity index (χ0n) is 19.7. The smallest absolute Gasteiger partial charge is 0.421 e. The quantitative estimate of drug-likeness (QED) is 0.524. The number of aromatic nitrogens is 5. The van der Waals surface area contributed by atoms with E-state index < -0.39 is 17.6 Å². The summed E-state index contributed by atoms with van der Waals surface area (Å²) in [6, 6.07) is 1.04. The normalized spacial score (nSPS) is 17.8. The Kier molecular flexibility index (Phi) is 6.14. The summed E-state index contributed by atoms with van der Waals surface area (Å²) in [6.45, 7) is 1.65. The Morgan fingerprint density at radius 3 is 2.69 bits per heavy atom. The Morgan fingerprint density at radius 2 is 1.97 bits per heavy atom. The number of rotatable bonds is 5. The van der Waals surface area contributed by atoms with E-state index >= 15 is 0 Å². The van der Waals surface area contributed by atoms with E-state index in [1.807, 2.05) is 0 Å². The zero-order valence-corrected chi connectivity index (χ0v) is 19.7. The molecule has 2 aliphatic rings. The van der Waals surface area contributed by atoms with Gasteiger partial charge < -0.3 is 23.8 Å². The number of aryl methyl sites for hydroxylation is 1. The van der Waals surface area contributed by atoms with Gasteiger partial charge in [0.1, 0.15) is 23.7 Å². The van der Waals surface area contributed by atoms with E-state index in [0.717, 1.165) is 18.9 Å². The van der Waals surface area contributed by atoms with Gasteiger partial charge in [0.2, 0.25) is 11.8 Å². The molecule has 1 unspecified atom stereocenters. The lowest BCUT2D eigenvalue weighted by atomic mass is 10.1. The number of hydrogen-bond acceptors (Lipinski definition) is 8. The van der Waals surface area contributed by atoms with Crippen LogP contribution in [-0.2, 0) is 26.2 Å². The molecule has 0 saturated carbocycles. The van der Waals surface area contributed by atoms with Crippen LogP contribution in [0.2, 0.25) is 0 Å². The summed E-state index contributed by atoms with van der Waals surface area (Å²) >= 11 is 0. The fourth-order valence-corrected chi connectivity index (χ4v) is 4.51. The van der Waals surface area contributed by atoms with Gasteiger partial charge in [0.25, 0.3) is 5.91 Å². The number of fused-ring (bicyclic) bond motifs is 1. The van der Waals surface area contributed by atoms with Crippen molar-refractivity contribution >= 4 is 11.6 Å². The van der Waals surface area contributed by atoms with Crippen LogP contribution in [0.1, 0.15) is 33.7 Å². The van der Waals surface area contributed by atoms with Crippen LogP contribution in [0.25, 0.3) is 0 Å². The van der Waals surface area contributed by atoms with Gasteiger partial charge >= 0.3 is 6.18 Å². The molecule has 0 aromatic carbocycles. The first-order chi connectivity index (χ1) is 17.2. The lowest BCUT2D eigenvalue weighted by Gasteiger charge is -2.31. The summed E-state index contributed by atoms with van der Waals surface area (Å²) in [5.41, 5.74) is 1.38. The second-order valence-corrected chi connectivity index (χ2v) is 8.69. The van der Waals surface area contributed by atoms with Gasteiger partial charge in [-0.05, 0) is 6.07 Å². The molecule has 5 heterocycles. The van der Waals surface area contributed by atoms with Crippen molar-refractivity contribution < 1.29 is 27.4 Å². The van der Waals surface area contributed by atoms with Crippen LogP contribution < -0.4 is 14.4 Å². The Hall–Kier alpha value is -3.90. The van der Waals surface area contributed by atoms with E-state index in [1.165, 1.54) is 18.7 Å². The van der Waals surface area contributed by atoms with Gasteiger partial charge in [0.15, 0.2) is 0 Å². The molecule has 0 N–H and O–H groups in total. The Balaban J connectivity index is 1.33. The number of carbonyl (C=O) groups is 1. The van der Waals surface area contributed by atoms with Crippen molar-refractivity contribution in [2.24, 2.45) is 7.05 Å². The largest absolute Gasteiger partial charge is 0.481 e. The van der Waals surface area contributed by atoms with Crippen LogP contribution in [0.3, 0.4) is 0 Å². The van der Waals surface area contributed by atoms with Crippen LogP contribution in [0, 0.1) is 0 Å². The molecule has 1 amide bonds. The monoisotopic (exact) mass is 503 g/mol. The highest BCUT2D eigenvalue weighted by atomic mass is 19.4. The molecule has 190 valence electrons. The highest BCUT2D eigenvalue weighted by molar-refractivity contribution is 5.92. The summed E-state index contributed by atoms with van der Waals surface area (Å²) < 4.78 is 53.2. The number of imidazole rings is 1. The molecular formula is C23H24F3N7O3. The van der Waals surface area contributed by atoms with Crippen LogP contribution in [0.15, 0.2) is 31.1 Å². The number of halogens is 3. The lowest BCUT2D eigenvalue weighted by molar-refractivity contribution is -0.139. The van der Waals surface area contributed by atoms with Crippen molar-refractivity contribution in [1.29, 1.82) is 0 Å². The van der Waals surface area contributed by atoms with Crippen LogP contribution in [0.4, 0.5) is 18.9 Å². The second-order valence-electron chi connectivity index (χ2n) is 8.69. The first-order valence-electron chi connectivity index (χ1n) is 11.4. The summed E-state index contributed by atoms with van der Waals surface area (Å²) in [4.78, 5) is 32.8. The van der Waals surface area contributed by atoms with Crippen LogP contribution in [-0.4, -0.2) is 68.2 Å². The van der Waals surface area contributed by atoms with Crippen molar-refractivity contribution in [1.82, 2.24) is 29.4 Å². The topological polar surface area (TPSA) is 98.5 Å². The summed E-state index contributed by atoms with van der Waals surface area (Å²) in [5, 5.41) is 0. The third-order valence-electron chi connectivity index (χ3n) is 6.41. The van der Waals surface area contributed by atoms with Crippen LogP contribution >= 0.6 is 0 Å². The molecule has 13 heteroatoms. The molecule has 10 nitrogen and oxygen atoms in total. The van der Waals surface area contributed by atoms with Gasteiger partial charge in [-0.15, -0.1) is 0 Å². The van der Waals surface area contributed by atoms with E-state index in [9.17, 15) is 18.0 Å². The maximum Gasteiger partial charge on any atom is 0.421 e. The van der Waals surface area contributed by atoms with E-state index in [1.54, 1.807) is 27.7 Å². The molecule has 0 spiro atoms. The lowest BCUT2D eigenvalue weighted by Crippen LogP contribution is -2.34. The van der Waals surface area contributed by atoms with Gasteiger partial charge in [-0.1, -0.05) is 0 Å².